The van der Waals surface area contributed by atoms with Crippen molar-refractivity contribution in [3.63, 3.8) is 0 Å². The van der Waals surface area contributed by atoms with Gasteiger partial charge in [0.05, 0.1) is 23.8 Å². The molecule has 0 radical (unpaired) electrons. The number of aryl methyl sites for hydroxylation is 2. The number of Topliss-reactive ketones (excluding diaryl/α,β-unsaturated/α-hetero) is 1. The Hall–Kier alpha value is -4.17. The van der Waals surface area contributed by atoms with Gasteiger partial charge in [-0.25, -0.2) is 4.79 Å². The summed E-state index contributed by atoms with van der Waals surface area (Å²) in [6.07, 6.45) is 2.42. The number of ether oxygens (including phenoxy) is 2. The van der Waals surface area contributed by atoms with Gasteiger partial charge in [0.2, 0.25) is 0 Å². The van der Waals surface area contributed by atoms with Crippen LogP contribution in [0.25, 0.3) is 0 Å². The van der Waals surface area contributed by atoms with E-state index in [2.05, 4.69) is 34.9 Å². The van der Waals surface area contributed by atoms with Crippen LogP contribution in [0.5, 0.6) is 5.75 Å². The molecule has 1 aliphatic rings. The van der Waals surface area contributed by atoms with Crippen molar-refractivity contribution in [1.29, 1.82) is 0 Å². The van der Waals surface area contributed by atoms with Crippen LogP contribution in [0, 0.1) is 25.7 Å². The van der Waals surface area contributed by atoms with Crippen LogP contribution in [0.3, 0.4) is 0 Å². The van der Waals surface area contributed by atoms with E-state index < -0.39 is 23.8 Å². The highest BCUT2D eigenvalue weighted by Crippen LogP contribution is 2.29. The quantitative estimate of drug-likeness (QED) is 0.156. The lowest BCUT2D eigenvalue weighted by Crippen LogP contribution is -2.56. The van der Waals surface area contributed by atoms with Crippen LogP contribution in [0.4, 0.5) is 4.79 Å². The lowest BCUT2D eigenvalue weighted by atomic mass is 9.83. The van der Waals surface area contributed by atoms with E-state index in [1.54, 1.807) is 4.90 Å². The predicted molar refractivity (Wildman–Crippen MR) is 199 cm³/mol. The SMILES string of the molecule is Cc1cccc(C)c1OCC(=O)N[C@@H](Cc1ccccc1)[C@H](C[C@@H](CC(=O)[C@H](C(C)C)N1CCCNC1=O)Cc1ccccc1)OC(C)(C)C. The molecule has 3 amide bonds. The highest BCUT2D eigenvalue weighted by Gasteiger charge is 2.37. The molecule has 3 aromatic rings. The summed E-state index contributed by atoms with van der Waals surface area (Å²) in [4.78, 5) is 42.5. The number of urea groups is 1. The summed E-state index contributed by atoms with van der Waals surface area (Å²) >= 11 is 0. The molecule has 2 N–H and O–H groups in total. The molecule has 1 heterocycles. The number of rotatable bonds is 17. The summed E-state index contributed by atoms with van der Waals surface area (Å²) < 4.78 is 12.9. The average Bonchev–Trinajstić information content (AvgIpc) is 3.05. The van der Waals surface area contributed by atoms with Crippen molar-refractivity contribution in [2.45, 2.75) is 104 Å². The van der Waals surface area contributed by atoms with Crippen molar-refractivity contribution < 1.29 is 23.9 Å². The molecule has 0 saturated carbocycles. The van der Waals surface area contributed by atoms with Gasteiger partial charge in [-0.1, -0.05) is 92.7 Å². The first-order valence-electron chi connectivity index (χ1n) is 18.1. The zero-order valence-electron chi connectivity index (χ0n) is 31.0. The first-order valence-corrected chi connectivity index (χ1v) is 18.1. The van der Waals surface area contributed by atoms with Crippen molar-refractivity contribution in [1.82, 2.24) is 15.5 Å². The van der Waals surface area contributed by atoms with Gasteiger partial charge in [-0.2, -0.15) is 0 Å². The van der Waals surface area contributed by atoms with E-state index >= 15 is 0 Å². The highest BCUT2D eigenvalue weighted by molar-refractivity contribution is 5.89. The Morgan fingerprint density at radius 2 is 1.48 bits per heavy atom. The molecule has 1 fully saturated rings. The number of nitrogens with one attached hydrogen (secondary N) is 2. The van der Waals surface area contributed by atoms with E-state index in [9.17, 15) is 14.4 Å². The Bertz CT molecular complexity index is 1520. The Morgan fingerprint density at radius 3 is 2.04 bits per heavy atom. The minimum atomic E-state index is -0.521. The van der Waals surface area contributed by atoms with Crippen LogP contribution in [0.1, 0.15) is 76.1 Å². The van der Waals surface area contributed by atoms with Gasteiger partial charge < -0.3 is 25.0 Å². The lowest BCUT2D eigenvalue weighted by molar-refractivity contribution is -0.130. The number of benzene rings is 3. The number of hydrogen-bond acceptors (Lipinski definition) is 5. The first kappa shape index (κ1) is 38.6. The van der Waals surface area contributed by atoms with Gasteiger partial charge in [0.1, 0.15) is 5.75 Å². The molecule has 0 unspecified atom stereocenters. The van der Waals surface area contributed by atoms with E-state index in [1.807, 2.05) is 103 Å². The molecule has 8 heteroatoms. The van der Waals surface area contributed by atoms with Gasteiger partial charge in [0, 0.05) is 19.5 Å². The maximum atomic E-state index is 14.3. The summed E-state index contributed by atoms with van der Waals surface area (Å²) in [5, 5.41) is 6.20. The molecule has 270 valence electrons. The minimum absolute atomic E-state index is 0.0349. The van der Waals surface area contributed by atoms with E-state index in [1.165, 1.54) is 0 Å². The molecule has 0 aromatic heterocycles. The Labute approximate surface area is 299 Å². The van der Waals surface area contributed by atoms with E-state index in [4.69, 9.17) is 9.47 Å². The highest BCUT2D eigenvalue weighted by atomic mass is 16.5. The third-order valence-corrected chi connectivity index (χ3v) is 9.19. The van der Waals surface area contributed by atoms with Crippen LogP contribution in [0.2, 0.25) is 0 Å². The minimum Gasteiger partial charge on any atom is -0.483 e. The molecule has 0 bridgehead atoms. The molecule has 0 aliphatic carbocycles. The molecular formula is C42H57N3O5. The van der Waals surface area contributed by atoms with Gasteiger partial charge in [-0.15, -0.1) is 0 Å². The molecule has 1 saturated heterocycles. The molecule has 50 heavy (non-hydrogen) atoms. The van der Waals surface area contributed by atoms with Crippen molar-refractivity contribution in [3.8, 4) is 5.75 Å². The van der Waals surface area contributed by atoms with E-state index in [0.29, 0.717) is 38.1 Å². The number of hydrogen-bond donors (Lipinski definition) is 2. The summed E-state index contributed by atoms with van der Waals surface area (Å²) in [6, 6.07) is 25.1. The number of carbonyl (C=O) groups is 3. The summed E-state index contributed by atoms with van der Waals surface area (Å²) in [5.41, 5.74) is 3.63. The summed E-state index contributed by atoms with van der Waals surface area (Å²) in [6.45, 7) is 15.1. The Balaban J connectivity index is 1.64. The van der Waals surface area contributed by atoms with Gasteiger partial charge >= 0.3 is 6.03 Å². The van der Waals surface area contributed by atoms with Crippen molar-refractivity contribution in [3.05, 3.63) is 101 Å². The average molecular weight is 684 g/mol. The van der Waals surface area contributed by atoms with Crippen LogP contribution >= 0.6 is 0 Å². The molecule has 4 rings (SSSR count). The van der Waals surface area contributed by atoms with Crippen LogP contribution < -0.4 is 15.4 Å². The Kier molecular flexibility index (Phi) is 14.0. The number of nitrogens with zero attached hydrogens (tertiary/aromatic N) is 1. The van der Waals surface area contributed by atoms with Crippen LogP contribution in [-0.4, -0.2) is 66.1 Å². The summed E-state index contributed by atoms with van der Waals surface area (Å²) in [5.74, 6) is 0.397. The molecule has 8 nitrogen and oxygen atoms in total. The van der Waals surface area contributed by atoms with E-state index in [-0.39, 0.29) is 42.6 Å². The van der Waals surface area contributed by atoms with E-state index in [0.717, 1.165) is 28.7 Å². The normalized spacial score (nSPS) is 15.9. The topological polar surface area (TPSA) is 97.0 Å². The summed E-state index contributed by atoms with van der Waals surface area (Å²) in [7, 11) is 0. The number of para-hydroxylation sites is 1. The second kappa shape index (κ2) is 18.2. The molecule has 4 atom stereocenters. The zero-order chi connectivity index (χ0) is 36.3. The third-order valence-electron chi connectivity index (χ3n) is 9.19. The number of carbonyl (C=O) groups excluding carboxylic acids is 3. The number of amides is 3. The number of ketones is 1. The van der Waals surface area contributed by atoms with Crippen LogP contribution in [-0.2, 0) is 27.2 Å². The maximum absolute atomic E-state index is 14.3. The monoisotopic (exact) mass is 683 g/mol. The van der Waals surface area contributed by atoms with Gasteiger partial charge in [0.25, 0.3) is 5.91 Å². The molecule has 3 aromatic carbocycles. The fraction of sp³-hybridized carbons (Fsp3) is 0.500. The van der Waals surface area contributed by atoms with Gasteiger partial charge in [-0.3, -0.25) is 9.59 Å². The van der Waals surface area contributed by atoms with Crippen molar-refractivity contribution >= 4 is 17.7 Å². The second-order valence-corrected chi connectivity index (χ2v) is 15.1. The van der Waals surface area contributed by atoms with Gasteiger partial charge in [0.15, 0.2) is 12.4 Å². The second-order valence-electron chi connectivity index (χ2n) is 15.1. The lowest BCUT2D eigenvalue weighted by Gasteiger charge is -2.38. The maximum Gasteiger partial charge on any atom is 0.318 e. The zero-order valence-corrected chi connectivity index (χ0v) is 31.0. The van der Waals surface area contributed by atoms with Crippen molar-refractivity contribution in [2.75, 3.05) is 19.7 Å². The molecule has 0 spiro atoms. The standard InChI is InChI=1S/C42H57N3O5/c1-29(2)39(45-23-15-22-43-41(45)48)36(46)26-34(24-32-18-10-8-11-19-32)27-37(50-42(5,6)7)35(25-33-20-12-9-13-21-33)44-38(47)28-49-40-30(3)16-14-17-31(40)4/h8-14,16-21,29,34-35,37,39H,15,22-28H2,1-7H3,(H,43,48)(H,44,47)/t34-,35+,37+,39+/m1/s1. The fourth-order valence-electron chi connectivity index (χ4n) is 7.04. The molecular weight excluding hydrogens is 626 g/mol. The Morgan fingerprint density at radius 1 is 0.880 bits per heavy atom. The van der Waals surface area contributed by atoms with Gasteiger partial charge in [-0.05, 0) is 94.4 Å². The van der Waals surface area contributed by atoms with Crippen LogP contribution in [0.15, 0.2) is 78.9 Å². The third kappa shape index (κ3) is 11.7. The van der Waals surface area contributed by atoms with Crippen molar-refractivity contribution in [2.24, 2.45) is 11.8 Å². The predicted octanol–water partition coefficient (Wildman–Crippen LogP) is 7.24. The first-order chi connectivity index (χ1) is 23.8. The largest absolute Gasteiger partial charge is 0.483 e. The smallest absolute Gasteiger partial charge is 0.318 e. The fourth-order valence-corrected chi connectivity index (χ4v) is 7.04. The molecule has 1 aliphatic heterocycles.